The minimum atomic E-state index is -0.397. The third kappa shape index (κ3) is 10.2. The lowest BCUT2D eigenvalue weighted by molar-refractivity contribution is -0.385. The first kappa shape index (κ1) is 36.2. The molecule has 0 amide bonds. The number of nitro groups is 2. The zero-order chi connectivity index (χ0) is 35.9. The first-order valence-corrected chi connectivity index (χ1v) is 15.7. The summed E-state index contributed by atoms with van der Waals surface area (Å²) in [5.41, 5.74) is 6.24. The van der Waals surface area contributed by atoms with Crippen LogP contribution < -0.4 is 19.4 Å². The van der Waals surface area contributed by atoms with Gasteiger partial charge in [0, 0.05) is 85.6 Å². The lowest BCUT2D eigenvalue weighted by Crippen LogP contribution is -2.09. The van der Waals surface area contributed by atoms with E-state index in [-0.39, 0.29) is 16.3 Å². The fourth-order valence-corrected chi connectivity index (χ4v) is 4.83. The van der Waals surface area contributed by atoms with Crippen molar-refractivity contribution in [3.63, 3.8) is 0 Å². The second-order valence-corrected chi connectivity index (χ2v) is 10.9. The van der Waals surface area contributed by atoms with Crippen LogP contribution in [0.4, 0.5) is 45.5 Å². The molecule has 0 aliphatic rings. The van der Waals surface area contributed by atoms with Crippen molar-refractivity contribution in [1.82, 2.24) is 0 Å². The van der Waals surface area contributed by atoms with Crippen LogP contribution in [0, 0.1) is 20.2 Å². The predicted octanol–water partition coefficient (Wildman–Crippen LogP) is 10.2. The summed E-state index contributed by atoms with van der Waals surface area (Å²) in [4.78, 5) is 26.5. The highest BCUT2D eigenvalue weighted by Crippen LogP contribution is 2.28. The summed E-state index contributed by atoms with van der Waals surface area (Å²) in [6, 6.07) is 50.9. The number of nitro benzene ring substituents is 2. The molecule has 0 saturated carbocycles. The Labute approximate surface area is 292 Å². The number of hydrogen-bond acceptors (Lipinski definition) is 8. The number of benzene rings is 6. The summed E-state index contributed by atoms with van der Waals surface area (Å²) in [6.07, 6.45) is 0. The number of methoxy groups -OCH3 is 1. The fraction of sp³-hybridized carbons (Fsp3) is 0.100. The van der Waals surface area contributed by atoms with Crippen molar-refractivity contribution in [2.24, 2.45) is 0 Å². The summed E-state index contributed by atoms with van der Waals surface area (Å²) in [5.74, 6) is 0.875. The zero-order valence-electron chi connectivity index (χ0n) is 28.4. The highest BCUT2D eigenvalue weighted by atomic mass is 16.6. The summed E-state index contributed by atoms with van der Waals surface area (Å²) in [5, 5.41) is 21.2. The summed E-state index contributed by atoms with van der Waals surface area (Å²) < 4.78 is 5.21. The van der Waals surface area contributed by atoms with Crippen LogP contribution in [0.2, 0.25) is 0 Å². The molecule has 254 valence electrons. The van der Waals surface area contributed by atoms with Gasteiger partial charge in [0.15, 0.2) is 0 Å². The molecular weight excluding hydrogens is 630 g/mol. The van der Waals surface area contributed by atoms with Gasteiger partial charge in [-0.2, -0.15) is 0 Å². The molecule has 0 unspecified atom stereocenters. The van der Waals surface area contributed by atoms with Gasteiger partial charge in [-0.3, -0.25) is 20.2 Å². The maximum absolute atomic E-state index is 10.7. The van der Waals surface area contributed by atoms with Crippen LogP contribution in [-0.4, -0.2) is 38.1 Å². The van der Waals surface area contributed by atoms with E-state index in [1.165, 1.54) is 18.2 Å². The molecule has 0 saturated heterocycles. The number of non-ortho nitro benzene ring substituents is 2. The van der Waals surface area contributed by atoms with Crippen molar-refractivity contribution in [1.29, 1.82) is 0 Å². The number of rotatable bonds is 9. The molecule has 6 aromatic rings. The van der Waals surface area contributed by atoms with E-state index < -0.39 is 4.92 Å². The number of para-hydroxylation sites is 3. The van der Waals surface area contributed by atoms with Crippen LogP contribution in [-0.2, 0) is 0 Å². The smallest absolute Gasteiger partial charge is 0.271 e. The van der Waals surface area contributed by atoms with Gasteiger partial charge in [-0.15, -0.1) is 0 Å². The molecule has 0 aliphatic heterocycles. The third-order valence-electron chi connectivity index (χ3n) is 7.75. The Hall–Kier alpha value is -6.68. The summed E-state index contributed by atoms with van der Waals surface area (Å²) in [7, 11) is 7.54. The quantitative estimate of drug-likeness (QED) is 0.111. The summed E-state index contributed by atoms with van der Waals surface area (Å²) in [6.45, 7) is 0. The second-order valence-electron chi connectivity index (χ2n) is 10.9. The number of hydrogen-bond donors (Lipinski definition) is 0. The predicted molar refractivity (Wildman–Crippen MR) is 203 cm³/mol. The summed E-state index contributed by atoms with van der Waals surface area (Å²) >= 11 is 0. The van der Waals surface area contributed by atoms with Gasteiger partial charge in [-0.25, -0.2) is 0 Å². The lowest BCUT2D eigenvalue weighted by atomic mass is 10.2. The SMILES string of the molecule is CN(c1ccccc1)c1ccc([N+](=O)[O-])cc1.CN(c1ccccc1)c1cccc([N+](=O)[O-])c1.COc1cccc(N(C)c2ccccc2)c1. The Morgan fingerprint density at radius 1 is 0.420 bits per heavy atom. The molecule has 0 spiro atoms. The Kier molecular flexibility index (Phi) is 13.0. The molecule has 0 fully saturated rings. The Morgan fingerprint density at radius 2 is 0.780 bits per heavy atom. The van der Waals surface area contributed by atoms with Gasteiger partial charge in [0.1, 0.15) is 5.75 Å². The molecule has 0 bridgehead atoms. The number of nitrogens with zero attached hydrogens (tertiary/aromatic N) is 5. The number of anilines is 6. The van der Waals surface area contributed by atoms with Gasteiger partial charge in [0.2, 0.25) is 0 Å². The number of ether oxygens (including phenoxy) is 1. The van der Waals surface area contributed by atoms with Crippen LogP contribution >= 0.6 is 0 Å². The molecule has 0 N–H and O–H groups in total. The molecule has 0 aliphatic carbocycles. The van der Waals surface area contributed by atoms with Crippen molar-refractivity contribution >= 4 is 45.5 Å². The highest BCUT2D eigenvalue weighted by Gasteiger charge is 2.10. The average Bonchev–Trinajstić information content (AvgIpc) is 3.18. The minimum absolute atomic E-state index is 0.102. The van der Waals surface area contributed by atoms with Crippen molar-refractivity contribution in [3.05, 3.63) is 184 Å². The topological polar surface area (TPSA) is 105 Å². The van der Waals surface area contributed by atoms with Crippen LogP contribution in [0.1, 0.15) is 0 Å². The van der Waals surface area contributed by atoms with Crippen molar-refractivity contribution < 1.29 is 14.6 Å². The normalized spacial score (nSPS) is 9.92. The van der Waals surface area contributed by atoms with Gasteiger partial charge in [0.05, 0.1) is 17.0 Å². The van der Waals surface area contributed by atoms with E-state index in [4.69, 9.17) is 4.74 Å². The Morgan fingerprint density at radius 3 is 1.20 bits per heavy atom. The molecule has 10 heteroatoms. The first-order chi connectivity index (χ1) is 24.2. The van der Waals surface area contributed by atoms with E-state index in [0.717, 1.165) is 39.9 Å². The van der Waals surface area contributed by atoms with Crippen molar-refractivity contribution in [3.8, 4) is 5.75 Å². The second kappa shape index (κ2) is 18.0. The Bertz CT molecular complexity index is 1940. The molecule has 50 heavy (non-hydrogen) atoms. The van der Waals surface area contributed by atoms with Crippen LogP contribution in [0.25, 0.3) is 0 Å². The van der Waals surface area contributed by atoms with E-state index >= 15 is 0 Å². The van der Waals surface area contributed by atoms with E-state index in [1.807, 2.05) is 134 Å². The highest BCUT2D eigenvalue weighted by molar-refractivity contribution is 5.66. The first-order valence-electron chi connectivity index (χ1n) is 15.7. The molecule has 6 rings (SSSR count). The van der Waals surface area contributed by atoms with E-state index in [1.54, 1.807) is 31.4 Å². The Balaban J connectivity index is 0.000000169. The van der Waals surface area contributed by atoms with Gasteiger partial charge in [0.25, 0.3) is 11.4 Å². The van der Waals surface area contributed by atoms with Crippen molar-refractivity contribution in [2.75, 3.05) is 43.0 Å². The van der Waals surface area contributed by atoms with Gasteiger partial charge in [-0.1, -0.05) is 66.7 Å². The van der Waals surface area contributed by atoms with Gasteiger partial charge in [-0.05, 0) is 66.7 Å². The van der Waals surface area contributed by atoms with Gasteiger partial charge >= 0.3 is 0 Å². The molecule has 0 aromatic heterocycles. The monoisotopic (exact) mass is 669 g/mol. The molecule has 6 aromatic carbocycles. The van der Waals surface area contributed by atoms with E-state index in [2.05, 4.69) is 23.1 Å². The minimum Gasteiger partial charge on any atom is -0.497 e. The largest absolute Gasteiger partial charge is 0.497 e. The van der Waals surface area contributed by atoms with Crippen LogP contribution in [0.5, 0.6) is 5.75 Å². The van der Waals surface area contributed by atoms with Gasteiger partial charge < -0.3 is 19.4 Å². The maximum atomic E-state index is 10.7. The third-order valence-corrected chi connectivity index (χ3v) is 7.75. The van der Waals surface area contributed by atoms with Crippen LogP contribution in [0.15, 0.2) is 164 Å². The average molecular weight is 670 g/mol. The fourth-order valence-electron chi connectivity index (χ4n) is 4.83. The molecular formula is C40H39N5O5. The molecule has 0 heterocycles. The maximum Gasteiger partial charge on any atom is 0.271 e. The molecule has 10 nitrogen and oxygen atoms in total. The molecule has 0 atom stereocenters. The van der Waals surface area contributed by atoms with E-state index in [0.29, 0.717) is 0 Å². The van der Waals surface area contributed by atoms with Crippen LogP contribution in [0.3, 0.4) is 0 Å². The van der Waals surface area contributed by atoms with Crippen molar-refractivity contribution in [2.45, 2.75) is 0 Å². The zero-order valence-corrected chi connectivity index (χ0v) is 28.4. The van der Waals surface area contributed by atoms with E-state index in [9.17, 15) is 20.2 Å². The standard InChI is InChI=1S/C14H15NO.2C13H12N2O2/c1-15(12-7-4-3-5-8-12)13-9-6-10-14(11-13)16-2;1-14(11-6-3-2-4-7-11)12-8-5-9-13(10-12)15(16)17;1-14(11-5-3-2-4-6-11)12-7-9-13(10-8-12)15(16)17/h3-11H,1-2H3;2*2-10H,1H3. The molecule has 0 radical (unpaired) electrons. The lowest BCUT2D eigenvalue weighted by Gasteiger charge is -2.19.